The molecule has 0 atom stereocenters. The summed E-state index contributed by atoms with van der Waals surface area (Å²) in [5, 5.41) is 0. The summed E-state index contributed by atoms with van der Waals surface area (Å²) in [6.07, 6.45) is 0.539. The average Bonchev–Trinajstić information content (AvgIpc) is 2.42. The number of hydrogen-bond donors (Lipinski definition) is 0. The molecule has 0 saturated heterocycles. The molecule has 0 N–H and O–H groups in total. The lowest BCUT2D eigenvalue weighted by atomic mass is 9.96. The van der Waals surface area contributed by atoms with E-state index in [2.05, 4.69) is 32.9 Å². The van der Waals surface area contributed by atoms with Crippen LogP contribution in [0.3, 0.4) is 0 Å². The van der Waals surface area contributed by atoms with Crippen LogP contribution in [-0.4, -0.2) is 11.5 Å². The third-order valence-corrected chi connectivity index (χ3v) is 4.43. The van der Waals surface area contributed by atoms with Crippen LogP contribution in [0.15, 0.2) is 47.4 Å². The van der Waals surface area contributed by atoms with Gasteiger partial charge in [-0.3, -0.25) is 4.79 Å². The van der Waals surface area contributed by atoms with Gasteiger partial charge in [-0.05, 0) is 49.6 Å². The van der Waals surface area contributed by atoms with Gasteiger partial charge in [-0.2, -0.15) is 0 Å². The van der Waals surface area contributed by atoms with Crippen molar-refractivity contribution in [3.63, 3.8) is 0 Å². The molecule has 0 unspecified atom stereocenters. The third-order valence-electron chi connectivity index (χ3n) is 3.36. The lowest BCUT2D eigenvalue weighted by Crippen LogP contribution is -2.08. The normalized spacial score (nSPS) is 10.6. The second-order valence-corrected chi connectivity index (χ2v) is 6.24. The zero-order valence-corrected chi connectivity index (χ0v) is 13.1. The number of carbonyl (C=O) groups excluding carboxylic acids is 1. The van der Waals surface area contributed by atoms with E-state index in [1.807, 2.05) is 30.3 Å². The Morgan fingerprint density at radius 2 is 1.60 bits per heavy atom. The van der Waals surface area contributed by atoms with Crippen LogP contribution in [0.4, 0.5) is 0 Å². The van der Waals surface area contributed by atoms with E-state index in [9.17, 15) is 4.79 Å². The summed E-state index contributed by atoms with van der Waals surface area (Å²) in [4.78, 5) is 13.3. The largest absolute Gasteiger partial charge is 0.298 e. The zero-order valence-electron chi connectivity index (χ0n) is 12.3. The van der Waals surface area contributed by atoms with Crippen LogP contribution in [0.5, 0.6) is 0 Å². The number of benzene rings is 2. The van der Waals surface area contributed by atoms with E-state index in [-0.39, 0.29) is 5.78 Å². The van der Waals surface area contributed by atoms with Gasteiger partial charge in [0.2, 0.25) is 0 Å². The van der Waals surface area contributed by atoms with Gasteiger partial charge in [0, 0.05) is 11.3 Å². The van der Waals surface area contributed by atoms with Crippen molar-refractivity contribution in [3.05, 3.63) is 64.7 Å². The number of thioether (sulfide) groups is 1. The Bertz CT molecular complexity index is 579. The topological polar surface area (TPSA) is 17.1 Å². The molecule has 20 heavy (non-hydrogen) atoms. The standard InChI is InChI=1S/C18H20OS/c1-13-9-14(2)18(15(3)10-13)11-16(19)12-20-17-7-5-4-6-8-17/h4-10H,11-12H2,1-3H3. The third kappa shape index (κ3) is 3.97. The van der Waals surface area contributed by atoms with E-state index in [0.29, 0.717) is 12.2 Å². The molecule has 0 heterocycles. The highest BCUT2D eigenvalue weighted by Crippen LogP contribution is 2.20. The van der Waals surface area contributed by atoms with Crippen molar-refractivity contribution >= 4 is 17.5 Å². The molecule has 2 aromatic carbocycles. The lowest BCUT2D eigenvalue weighted by Gasteiger charge is -2.10. The molecular formula is C18H20OS. The minimum atomic E-state index is 0.286. The Kier molecular flexibility index (Phi) is 5.02. The highest BCUT2D eigenvalue weighted by atomic mass is 32.2. The van der Waals surface area contributed by atoms with Gasteiger partial charge in [-0.25, -0.2) is 0 Å². The molecule has 0 saturated carbocycles. The molecule has 2 aromatic rings. The van der Waals surface area contributed by atoms with Crippen LogP contribution in [-0.2, 0) is 11.2 Å². The molecule has 2 heteroatoms. The first kappa shape index (κ1) is 14.9. The van der Waals surface area contributed by atoms with Crippen molar-refractivity contribution in [2.24, 2.45) is 0 Å². The summed E-state index contributed by atoms with van der Waals surface area (Å²) < 4.78 is 0. The van der Waals surface area contributed by atoms with Crippen molar-refractivity contribution in [2.45, 2.75) is 32.1 Å². The Morgan fingerprint density at radius 1 is 1.00 bits per heavy atom. The van der Waals surface area contributed by atoms with Gasteiger partial charge in [-0.1, -0.05) is 35.9 Å². The van der Waals surface area contributed by atoms with E-state index < -0.39 is 0 Å². The predicted molar refractivity (Wildman–Crippen MR) is 86.5 cm³/mol. The summed E-state index contributed by atoms with van der Waals surface area (Å²) in [5.41, 5.74) is 4.89. The van der Waals surface area contributed by atoms with Crippen LogP contribution in [0, 0.1) is 20.8 Å². The van der Waals surface area contributed by atoms with Gasteiger partial charge in [0.05, 0.1) is 5.75 Å². The molecule has 0 aliphatic carbocycles. The number of carbonyl (C=O) groups is 1. The summed E-state index contributed by atoms with van der Waals surface area (Å²) in [6.45, 7) is 6.27. The number of aryl methyl sites for hydroxylation is 3. The van der Waals surface area contributed by atoms with Crippen LogP contribution >= 0.6 is 11.8 Å². The first-order chi connectivity index (χ1) is 9.56. The van der Waals surface area contributed by atoms with Gasteiger partial charge < -0.3 is 0 Å². The van der Waals surface area contributed by atoms with E-state index in [0.717, 1.165) is 4.90 Å². The van der Waals surface area contributed by atoms with E-state index in [1.165, 1.54) is 22.3 Å². The molecule has 0 amide bonds. The Hall–Kier alpha value is -1.54. The minimum Gasteiger partial charge on any atom is -0.298 e. The molecule has 2 rings (SSSR count). The highest BCUT2D eigenvalue weighted by molar-refractivity contribution is 8.00. The number of rotatable bonds is 5. The molecule has 0 fully saturated rings. The van der Waals surface area contributed by atoms with Gasteiger partial charge in [0.1, 0.15) is 5.78 Å². The quantitative estimate of drug-likeness (QED) is 0.751. The Balaban J connectivity index is 1.98. The number of Topliss-reactive ketones (excluding diaryl/α,β-unsaturated/α-hetero) is 1. The van der Waals surface area contributed by atoms with Crippen molar-refractivity contribution in [2.75, 3.05) is 5.75 Å². The lowest BCUT2D eigenvalue weighted by molar-refractivity contribution is -0.116. The Morgan fingerprint density at radius 3 is 2.20 bits per heavy atom. The van der Waals surface area contributed by atoms with Gasteiger partial charge in [0.25, 0.3) is 0 Å². The minimum absolute atomic E-state index is 0.286. The van der Waals surface area contributed by atoms with Crippen molar-refractivity contribution < 1.29 is 4.79 Å². The number of ketones is 1. The molecule has 0 aliphatic rings. The molecule has 0 aliphatic heterocycles. The maximum atomic E-state index is 12.2. The molecule has 1 nitrogen and oxygen atoms in total. The summed E-state index contributed by atoms with van der Waals surface area (Å²) >= 11 is 1.61. The second-order valence-electron chi connectivity index (χ2n) is 5.19. The predicted octanol–water partition coefficient (Wildman–Crippen LogP) is 4.52. The van der Waals surface area contributed by atoms with E-state index in [1.54, 1.807) is 11.8 Å². The second kappa shape index (κ2) is 6.76. The van der Waals surface area contributed by atoms with E-state index >= 15 is 0 Å². The summed E-state index contributed by atoms with van der Waals surface area (Å²) in [7, 11) is 0. The van der Waals surface area contributed by atoms with Gasteiger partial charge in [-0.15, -0.1) is 11.8 Å². The van der Waals surface area contributed by atoms with Crippen LogP contribution in [0.25, 0.3) is 0 Å². The summed E-state index contributed by atoms with van der Waals surface area (Å²) in [5.74, 6) is 0.824. The van der Waals surface area contributed by atoms with Gasteiger partial charge >= 0.3 is 0 Å². The molecule has 104 valence electrons. The monoisotopic (exact) mass is 284 g/mol. The van der Waals surface area contributed by atoms with Crippen molar-refractivity contribution in [1.29, 1.82) is 0 Å². The molecule has 0 radical (unpaired) electrons. The first-order valence-corrected chi connectivity index (χ1v) is 7.81. The SMILES string of the molecule is Cc1cc(C)c(CC(=O)CSc2ccccc2)c(C)c1. The first-order valence-electron chi connectivity index (χ1n) is 6.82. The van der Waals surface area contributed by atoms with Crippen LogP contribution in [0.1, 0.15) is 22.3 Å². The summed E-state index contributed by atoms with van der Waals surface area (Å²) in [6, 6.07) is 14.4. The fraction of sp³-hybridized carbons (Fsp3) is 0.278. The molecule has 0 spiro atoms. The fourth-order valence-corrected chi connectivity index (χ4v) is 3.20. The van der Waals surface area contributed by atoms with Crippen LogP contribution < -0.4 is 0 Å². The Labute approximate surface area is 125 Å². The van der Waals surface area contributed by atoms with Crippen molar-refractivity contribution in [3.8, 4) is 0 Å². The van der Waals surface area contributed by atoms with Crippen LogP contribution in [0.2, 0.25) is 0 Å². The number of hydrogen-bond acceptors (Lipinski definition) is 2. The van der Waals surface area contributed by atoms with E-state index in [4.69, 9.17) is 0 Å². The average molecular weight is 284 g/mol. The molecular weight excluding hydrogens is 264 g/mol. The zero-order chi connectivity index (χ0) is 14.5. The molecule has 0 aromatic heterocycles. The molecule has 0 bridgehead atoms. The fourth-order valence-electron chi connectivity index (χ4n) is 2.42. The maximum Gasteiger partial charge on any atom is 0.147 e. The highest BCUT2D eigenvalue weighted by Gasteiger charge is 2.10. The smallest absolute Gasteiger partial charge is 0.147 e. The van der Waals surface area contributed by atoms with Crippen molar-refractivity contribution in [1.82, 2.24) is 0 Å². The maximum absolute atomic E-state index is 12.2. The van der Waals surface area contributed by atoms with Gasteiger partial charge in [0.15, 0.2) is 0 Å².